The fraction of sp³-hybridized carbons (Fsp3) is 0.852. The standard InChI is InChI=1S/C27H48N2O3S/c1-2-3-4-5-6-7-8-9-10-11-12-13-16-25-21-26(31-22-25)23-32-27(30)28-17-14-15-18-29-19-20-33-24-29/h19-20,24-26H,2-18,21-23H2,1H3/p+1/t25-,26+/m0/s1. The predicted molar refractivity (Wildman–Crippen MR) is 137 cm³/mol. The van der Waals surface area contributed by atoms with E-state index in [1.54, 1.807) is 11.3 Å². The number of alkyl carbamates (subject to hydrolysis) is 1. The summed E-state index contributed by atoms with van der Waals surface area (Å²) in [6.45, 7) is 5.15. The Morgan fingerprint density at radius 1 is 1.00 bits per heavy atom. The summed E-state index contributed by atoms with van der Waals surface area (Å²) in [6, 6.07) is 0. The Balaban J connectivity index is 1.33. The van der Waals surface area contributed by atoms with Crippen molar-refractivity contribution in [1.29, 1.82) is 0 Å². The Morgan fingerprint density at radius 2 is 1.70 bits per heavy atom. The molecule has 2 heterocycles. The minimum Gasteiger partial charge on any atom is -0.447 e. The summed E-state index contributed by atoms with van der Waals surface area (Å²) in [5, 5.41) is 4.93. The Kier molecular flexibility index (Phi) is 16.3. The maximum atomic E-state index is 11.9. The van der Waals surface area contributed by atoms with Gasteiger partial charge >= 0.3 is 6.09 Å². The van der Waals surface area contributed by atoms with Gasteiger partial charge in [0.2, 0.25) is 5.51 Å². The molecule has 190 valence electrons. The van der Waals surface area contributed by atoms with Crippen molar-refractivity contribution in [3.8, 4) is 0 Å². The highest BCUT2D eigenvalue weighted by atomic mass is 32.1. The van der Waals surface area contributed by atoms with E-state index in [0.717, 1.165) is 32.4 Å². The lowest BCUT2D eigenvalue weighted by molar-refractivity contribution is -0.692. The topological polar surface area (TPSA) is 51.4 Å². The SMILES string of the molecule is CCCCCCCCCCCCCC[C@@H]1CO[C@@H](COC(=O)NCCCC[n+]2ccsc2)C1. The first-order chi connectivity index (χ1) is 16.3. The number of rotatable bonds is 20. The van der Waals surface area contributed by atoms with E-state index in [4.69, 9.17) is 9.47 Å². The first-order valence-corrected chi connectivity index (χ1v) is 14.7. The molecule has 0 unspecified atom stereocenters. The van der Waals surface area contributed by atoms with Crippen molar-refractivity contribution in [2.75, 3.05) is 19.8 Å². The summed E-state index contributed by atoms with van der Waals surface area (Å²) in [4.78, 5) is 11.9. The zero-order valence-corrected chi connectivity index (χ0v) is 21.9. The number of ether oxygens (including phenoxy) is 2. The van der Waals surface area contributed by atoms with Gasteiger partial charge in [-0.25, -0.2) is 4.79 Å². The number of hydrogen-bond acceptors (Lipinski definition) is 4. The lowest BCUT2D eigenvalue weighted by Crippen LogP contribution is -2.31. The average molecular weight is 482 g/mol. The molecule has 5 nitrogen and oxygen atoms in total. The Morgan fingerprint density at radius 3 is 2.36 bits per heavy atom. The number of unbranched alkanes of at least 4 members (excludes halogenated alkanes) is 12. The zero-order chi connectivity index (χ0) is 23.4. The van der Waals surface area contributed by atoms with Crippen molar-refractivity contribution in [2.45, 2.75) is 122 Å². The van der Waals surface area contributed by atoms with Crippen molar-refractivity contribution < 1.29 is 18.8 Å². The van der Waals surface area contributed by atoms with Gasteiger partial charge in [-0.05, 0) is 25.2 Å². The van der Waals surface area contributed by atoms with Crippen LogP contribution < -0.4 is 9.88 Å². The molecule has 1 fully saturated rings. The van der Waals surface area contributed by atoms with Crippen LogP contribution >= 0.6 is 11.3 Å². The molecular weight excluding hydrogens is 432 g/mol. The van der Waals surface area contributed by atoms with Crippen molar-refractivity contribution in [2.24, 2.45) is 5.92 Å². The molecule has 1 aromatic heterocycles. The number of nitrogens with one attached hydrogen (secondary N) is 1. The molecule has 2 rings (SSSR count). The maximum absolute atomic E-state index is 11.9. The molecule has 2 atom stereocenters. The number of aromatic nitrogens is 1. The second-order valence-corrected chi connectivity index (χ2v) is 10.5. The maximum Gasteiger partial charge on any atom is 0.407 e. The van der Waals surface area contributed by atoms with Gasteiger partial charge in [0, 0.05) is 13.0 Å². The monoisotopic (exact) mass is 481 g/mol. The number of carbonyl (C=O) groups excluding carboxylic acids is 1. The van der Waals surface area contributed by atoms with E-state index in [2.05, 4.69) is 33.9 Å². The summed E-state index contributed by atoms with van der Waals surface area (Å²) in [6.07, 6.45) is 22.9. The molecule has 0 bridgehead atoms. The fourth-order valence-electron chi connectivity index (χ4n) is 4.59. The van der Waals surface area contributed by atoms with Crippen LogP contribution in [0.2, 0.25) is 0 Å². The molecule has 0 radical (unpaired) electrons. The molecule has 6 heteroatoms. The smallest absolute Gasteiger partial charge is 0.407 e. The van der Waals surface area contributed by atoms with Gasteiger partial charge in [0.05, 0.1) is 18.1 Å². The molecule has 1 amide bonds. The van der Waals surface area contributed by atoms with Gasteiger partial charge in [0.15, 0.2) is 6.20 Å². The van der Waals surface area contributed by atoms with Gasteiger partial charge in [-0.1, -0.05) is 95.3 Å². The average Bonchev–Trinajstić information content (AvgIpc) is 3.50. The van der Waals surface area contributed by atoms with E-state index < -0.39 is 0 Å². The molecule has 0 aliphatic carbocycles. The van der Waals surface area contributed by atoms with E-state index in [0.29, 0.717) is 19.1 Å². The van der Waals surface area contributed by atoms with Crippen molar-refractivity contribution in [3.63, 3.8) is 0 Å². The number of hydrogen-bond donors (Lipinski definition) is 1. The highest BCUT2D eigenvalue weighted by Crippen LogP contribution is 2.25. The van der Waals surface area contributed by atoms with Crippen molar-refractivity contribution in [3.05, 3.63) is 17.1 Å². The van der Waals surface area contributed by atoms with Gasteiger partial charge in [-0.15, -0.1) is 0 Å². The van der Waals surface area contributed by atoms with Crippen LogP contribution in [0.5, 0.6) is 0 Å². The summed E-state index contributed by atoms with van der Waals surface area (Å²) in [7, 11) is 0. The lowest BCUT2D eigenvalue weighted by atomic mass is 9.97. The minimum atomic E-state index is -0.314. The van der Waals surface area contributed by atoms with Crippen LogP contribution in [0.25, 0.3) is 0 Å². The van der Waals surface area contributed by atoms with Crippen LogP contribution in [0.15, 0.2) is 17.1 Å². The van der Waals surface area contributed by atoms with E-state index in [-0.39, 0.29) is 12.2 Å². The molecule has 1 aliphatic rings. The predicted octanol–water partition coefficient (Wildman–Crippen LogP) is 7.04. The second-order valence-electron chi connectivity index (χ2n) is 9.73. The second kappa shape index (κ2) is 19.2. The largest absolute Gasteiger partial charge is 0.447 e. The molecule has 1 N–H and O–H groups in total. The number of aryl methyl sites for hydroxylation is 1. The first kappa shape index (κ1) is 28.1. The fourth-order valence-corrected chi connectivity index (χ4v) is 5.22. The number of nitrogens with zero attached hydrogens (tertiary/aromatic N) is 1. The normalized spacial score (nSPS) is 18.0. The molecule has 1 saturated heterocycles. The van der Waals surface area contributed by atoms with Crippen LogP contribution in [-0.4, -0.2) is 32.0 Å². The third-order valence-electron chi connectivity index (χ3n) is 6.67. The summed E-state index contributed by atoms with van der Waals surface area (Å²) in [5.74, 6) is 0.638. The summed E-state index contributed by atoms with van der Waals surface area (Å²) >= 11 is 1.70. The zero-order valence-electron chi connectivity index (χ0n) is 21.1. The third-order valence-corrected chi connectivity index (χ3v) is 7.34. The molecular formula is C27H49N2O3S+. The van der Waals surface area contributed by atoms with Crippen LogP contribution in [0.4, 0.5) is 4.79 Å². The molecule has 0 saturated carbocycles. The Hall–Kier alpha value is -1.14. The van der Waals surface area contributed by atoms with Gasteiger partial charge in [0.1, 0.15) is 13.2 Å². The molecule has 1 aromatic rings. The van der Waals surface area contributed by atoms with Crippen molar-refractivity contribution in [1.82, 2.24) is 5.32 Å². The van der Waals surface area contributed by atoms with Gasteiger partial charge < -0.3 is 14.8 Å². The number of amides is 1. The van der Waals surface area contributed by atoms with Crippen molar-refractivity contribution >= 4 is 17.4 Å². The summed E-state index contributed by atoms with van der Waals surface area (Å²) in [5.41, 5.74) is 2.11. The Bertz CT molecular complexity index is 582. The van der Waals surface area contributed by atoms with E-state index in [1.807, 2.05) is 0 Å². The van der Waals surface area contributed by atoms with E-state index in [1.165, 1.54) is 83.5 Å². The van der Waals surface area contributed by atoms with Gasteiger partial charge in [-0.2, -0.15) is 4.57 Å². The third kappa shape index (κ3) is 14.7. The highest BCUT2D eigenvalue weighted by Gasteiger charge is 2.26. The van der Waals surface area contributed by atoms with Gasteiger partial charge in [0.25, 0.3) is 0 Å². The first-order valence-electron chi connectivity index (χ1n) is 13.7. The minimum absolute atomic E-state index is 0.0769. The molecule has 1 aliphatic heterocycles. The summed E-state index contributed by atoms with van der Waals surface area (Å²) < 4.78 is 13.4. The van der Waals surface area contributed by atoms with Crippen LogP contribution in [0, 0.1) is 5.92 Å². The number of thiazole rings is 1. The highest BCUT2D eigenvalue weighted by molar-refractivity contribution is 7.07. The van der Waals surface area contributed by atoms with Crippen LogP contribution in [0.1, 0.15) is 110 Å². The van der Waals surface area contributed by atoms with Gasteiger partial charge in [-0.3, -0.25) is 0 Å². The van der Waals surface area contributed by atoms with E-state index >= 15 is 0 Å². The molecule has 33 heavy (non-hydrogen) atoms. The van der Waals surface area contributed by atoms with Crippen LogP contribution in [-0.2, 0) is 16.0 Å². The van der Waals surface area contributed by atoms with E-state index in [9.17, 15) is 4.79 Å². The Labute approximate surface area is 206 Å². The molecule has 0 spiro atoms. The van der Waals surface area contributed by atoms with Crippen LogP contribution in [0.3, 0.4) is 0 Å². The molecule has 0 aromatic carbocycles. The lowest BCUT2D eigenvalue weighted by Gasteiger charge is -2.11. The number of carbonyl (C=O) groups is 1. The quantitative estimate of drug-likeness (QED) is 0.160.